The highest BCUT2D eigenvalue weighted by Crippen LogP contribution is 2.10. The zero-order valence-electron chi connectivity index (χ0n) is 10.1. The number of nitrogen functional groups attached to an aromatic ring is 1. The van der Waals surface area contributed by atoms with Crippen molar-refractivity contribution in [3.05, 3.63) is 60.2 Å². The van der Waals surface area contributed by atoms with E-state index in [-0.39, 0.29) is 5.78 Å². The molecule has 2 rings (SSSR count). The van der Waals surface area contributed by atoms with Crippen LogP contribution in [0.2, 0.25) is 0 Å². The highest BCUT2D eigenvalue weighted by atomic mass is 16.1. The smallest absolute Gasteiger partial charge is 0.164 e. The van der Waals surface area contributed by atoms with Gasteiger partial charge < -0.3 is 11.1 Å². The van der Waals surface area contributed by atoms with Gasteiger partial charge in [-0.2, -0.15) is 0 Å². The number of nitrogens with two attached hydrogens (primary N) is 1. The number of carbonyl (C=O) groups excluding carboxylic acids is 1. The molecule has 3 nitrogen and oxygen atoms in total. The third-order valence-electron chi connectivity index (χ3n) is 2.69. The van der Waals surface area contributed by atoms with E-state index in [1.165, 1.54) is 0 Å². The Hall–Kier alpha value is -2.29. The second-order valence-corrected chi connectivity index (χ2v) is 4.09. The predicted molar refractivity (Wildman–Crippen MR) is 74.7 cm³/mol. The molecule has 2 aromatic carbocycles. The summed E-state index contributed by atoms with van der Waals surface area (Å²) in [7, 11) is 0. The summed E-state index contributed by atoms with van der Waals surface area (Å²) < 4.78 is 0. The van der Waals surface area contributed by atoms with Crippen molar-refractivity contribution in [2.75, 3.05) is 17.6 Å². The Balaban J connectivity index is 1.82. The summed E-state index contributed by atoms with van der Waals surface area (Å²) in [5.74, 6) is 0.151. The number of rotatable bonds is 5. The quantitative estimate of drug-likeness (QED) is 0.624. The van der Waals surface area contributed by atoms with Crippen LogP contribution in [0.3, 0.4) is 0 Å². The SMILES string of the molecule is Nc1ccc(NCCC(=O)c2ccccc2)cc1. The maximum Gasteiger partial charge on any atom is 0.164 e. The first kappa shape index (κ1) is 12.2. The molecular weight excluding hydrogens is 224 g/mol. The molecule has 0 fully saturated rings. The number of anilines is 2. The zero-order valence-corrected chi connectivity index (χ0v) is 10.1. The fourth-order valence-electron chi connectivity index (χ4n) is 1.69. The lowest BCUT2D eigenvalue weighted by atomic mass is 10.1. The maximum atomic E-state index is 11.8. The van der Waals surface area contributed by atoms with Crippen molar-refractivity contribution in [3.8, 4) is 0 Å². The topological polar surface area (TPSA) is 55.1 Å². The zero-order chi connectivity index (χ0) is 12.8. The van der Waals surface area contributed by atoms with Gasteiger partial charge in [0.1, 0.15) is 0 Å². The first-order chi connectivity index (χ1) is 8.75. The number of nitrogens with one attached hydrogen (secondary N) is 1. The standard InChI is InChI=1S/C15H16N2O/c16-13-6-8-14(9-7-13)17-11-10-15(18)12-4-2-1-3-5-12/h1-9,17H,10-11,16H2. The van der Waals surface area contributed by atoms with E-state index in [2.05, 4.69) is 5.32 Å². The Morgan fingerprint density at radius 2 is 1.67 bits per heavy atom. The van der Waals surface area contributed by atoms with E-state index in [4.69, 9.17) is 5.73 Å². The number of hydrogen-bond donors (Lipinski definition) is 2. The van der Waals surface area contributed by atoms with E-state index in [0.717, 1.165) is 16.9 Å². The first-order valence-electron chi connectivity index (χ1n) is 5.93. The molecule has 0 aliphatic carbocycles. The molecule has 0 saturated heterocycles. The third-order valence-corrected chi connectivity index (χ3v) is 2.69. The molecule has 3 N–H and O–H groups in total. The Morgan fingerprint density at radius 3 is 2.33 bits per heavy atom. The number of benzene rings is 2. The summed E-state index contributed by atoms with van der Waals surface area (Å²) >= 11 is 0. The van der Waals surface area contributed by atoms with Gasteiger partial charge in [-0.05, 0) is 24.3 Å². The minimum Gasteiger partial charge on any atom is -0.399 e. The molecule has 0 bridgehead atoms. The van der Waals surface area contributed by atoms with E-state index in [9.17, 15) is 4.79 Å². The van der Waals surface area contributed by atoms with Crippen LogP contribution in [0.15, 0.2) is 54.6 Å². The van der Waals surface area contributed by atoms with Gasteiger partial charge in [0.25, 0.3) is 0 Å². The molecule has 0 atom stereocenters. The predicted octanol–water partition coefficient (Wildman–Crippen LogP) is 2.95. The minimum atomic E-state index is 0.151. The number of carbonyl (C=O) groups is 1. The van der Waals surface area contributed by atoms with Gasteiger partial charge >= 0.3 is 0 Å². The van der Waals surface area contributed by atoms with Crippen molar-refractivity contribution >= 4 is 17.2 Å². The summed E-state index contributed by atoms with van der Waals surface area (Å²) in [4.78, 5) is 11.8. The molecule has 0 heterocycles. The molecule has 0 aliphatic heterocycles. The van der Waals surface area contributed by atoms with Crippen LogP contribution in [0.5, 0.6) is 0 Å². The summed E-state index contributed by atoms with van der Waals surface area (Å²) in [6.45, 7) is 0.623. The highest BCUT2D eigenvalue weighted by molar-refractivity contribution is 5.96. The minimum absolute atomic E-state index is 0.151. The summed E-state index contributed by atoms with van der Waals surface area (Å²) in [6, 6.07) is 16.8. The molecule has 0 amide bonds. The fraction of sp³-hybridized carbons (Fsp3) is 0.133. The van der Waals surface area contributed by atoms with Gasteiger partial charge in [-0.25, -0.2) is 0 Å². The van der Waals surface area contributed by atoms with E-state index in [1.54, 1.807) is 0 Å². The van der Waals surface area contributed by atoms with E-state index in [1.807, 2.05) is 54.6 Å². The molecule has 2 aromatic rings. The van der Waals surface area contributed by atoms with E-state index < -0.39 is 0 Å². The van der Waals surface area contributed by atoms with Crippen LogP contribution in [0.25, 0.3) is 0 Å². The first-order valence-corrected chi connectivity index (χ1v) is 5.93. The molecule has 0 unspecified atom stereocenters. The van der Waals surface area contributed by atoms with Gasteiger partial charge in [-0.15, -0.1) is 0 Å². The van der Waals surface area contributed by atoms with Gasteiger partial charge in [0.15, 0.2) is 5.78 Å². The monoisotopic (exact) mass is 240 g/mol. The maximum absolute atomic E-state index is 11.8. The molecule has 0 spiro atoms. The van der Waals surface area contributed by atoms with Crippen LogP contribution in [-0.4, -0.2) is 12.3 Å². The van der Waals surface area contributed by atoms with Gasteiger partial charge in [-0.3, -0.25) is 4.79 Å². The van der Waals surface area contributed by atoms with Gasteiger partial charge in [-0.1, -0.05) is 30.3 Å². The second-order valence-electron chi connectivity index (χ2n) is 4.09. The molecule has 18 heavy (non-hydrogen) atoms. The molecule has 0 aromatic heterocycles. The van der Waals surface area contributed by atoms with Crippen LogP contribution < -0.4 is 11.1 Å². The van der Waals surface area contributed by atoms with Crippen LogP contribution >= 0.6 is 0 Å². The Kier molecular flexibility index (Phi) is 3.97. The number of ketones is 1. The Bertz CT molecular complexity index is 506. The lowest BCUT2D eigenvalue weighted by molar-refractivity contribution is 0.0986. The highest BCUT2D eigenvalue weighted by Gasteiger charge is 2.03. The van der Waals surface area contributed by atoms with Crippen molar-refractivity contribution in [2.24, 2.45) is 0 Å². The van der Waals surface area contributed by atoms with Crippen molar-refractivity contribution in [1.29, 1.82) is 0 Å². The van der Waals surface area contributed by atoms with Gasteiger partial charge in [0, 0.05) is 29.9 Å². The average Bonchev–Trinajstić information content (AvgIpc) is 2.42. The largest absolute Gasteiger partial charge is 0.399 e. The summed E-state index contributed by atoms with van der Waals surface area (Å²) in [6.07, 6.45) is 0.481. The molecule has 0 radical (unpaired) electrons. The Morgan fingerprint density at radius 1 is 1.00 bits per heavy atom. The number of hydrogen-bond acceptors (Lipinski definition) is 3. The molecule has 0 aliphatic rings. The average molecular weight is 240 g/mol. The summed E-state index contributed by atoms with van der Waals surface area (Å²) in [5.41, 5.74) is 8.07. The second kappa shape index (κ2) is 5.87. The van der Waals surface area contributed by atoms with Gasteiger partial charge in [0.2, 0.25) is 0 Å². The van der Waals surface area contributed by atoms with Crippen LogP contribution in [-0.2, 0) is 0 Å². The normalized spacial score (nSPS) is 10.0. The third kappa shape index (κ3) is 3.35. The number of Topliss-reactive ketones (excluding diaryl/α,β-unsaturated/α-hetero) is 1. The van der Waals surface area contributed by atoms with Crippen molar-refractivity contribution in [2.45, 2.75) is 6.42 Å². The molecular formula is C15H16N2O. The molecule has 3 heteroatoms. The lowest BCUT2D eigenvalue weighted by Gasteiger charge is -2.06. The van der Waals surface area contributed by atoms with E-state index in [0.29, 0.717) is 13.0 Å². The molecule has 0 saturated carbocycles. The van der Waals surface area contributed by atoms with Crippen molar-refractivity contribution in [1.82, 2.24) is 0 Å². The molecule has 92 valence electrons. The summed E-state index contributed by atoms with van der Waals surface area (Å²) in [5, 5.41) is 3.20. The fourth-order valence-corrected chi connectivity index (χ4v) is 1.69. The van der Waals surface area contributed by atoms with Gasteiger partial charge in [0.05, 0.1) is 0 Å². The van der Waals surface area contributed by atoms with Crippen LogP contribution in [0.1, 0.15) is 16.8 Å². The lowest BCUT2D eigenvalue weighted by Crippen LogP contribution is -2.08. The van der Waals surface area contributed by atoms with E-state index >= 15 is 0 Å². The Labute approximate surface area is 107 Å². The van der Waals surface area contributed by atoms with Crippen molar-refractivity contribution in [3.63, 3.8) is 0 Å². The van der Waals surface area contributed by atoms with Crippen LogP contribution in [0, 0.1) is 0 Å². The van der Waals surface area contributed by atoms with Crippen LogP contribution in [0.4, 0.5) is 11.4 Å². The van der Waals surface area contributed by atoms with Crippen molar-refractivity contribution < 1.29 is 4.79 Å².